The third-order valence-electron chi connectivity index (χ3n) is 13.2. The van der Waals surface area contributed by atoms with E-state index in [0.29, 0.717) is 33.0 Å². The topological polar surface area (TPSA) is 91.3 Å². The Labute approximate surface area is 399 Å². The van der Waals surface area contributed by atoms with Crippen LogP contribution >= 0.6 is 0 Å². The molecule has 0 rings (SSSR count). The Morgan fingerprint density at radius 2 is 0.578 bits per heavy atom. The smallest absolute Gasteiger partial charge is 0.306 e. The summed E-state index contributed by atoms with van der Waals surface area (Å²) in [5, 5.41) is 9.14. The molecule has 0 heterocycles. The van der Waals surface area contributed by atoms with Gasteiger partial charge in [0.2, 0.25) is 0 Å². The maximum Gasteiger partial charge on any atom is 0.306 e. The molecule has 0 aliphatic carbocycles. The fourth-order valence-electron chi connectivity index (χ4n) is 8.82. The molecule has 382 valence electrons. The number of esters is 1. The van der Waals surface area contributed by atoms with Gasteiger partial charge in [-0.15, -0.1) is 0 Å². The standard InChI is InChI=1S/C57H112O7/c1-4-7-10-13-16-19-22-25-28-30-33-36-39-42-45-50-62-53-57(54-63-56(60)48-47-55(58)59,64-51-46-43-40-37-34-31-27-24-21-18-15-12-9-6-3)52-61-49-44-41-38-35-32-29-26-23-20-17-14-11-8-5-2/h4-54H2,1-3H3,(H,58,59). The second-order valence-corrected chi connectivity index (χ2v) is 19.8. The molecule has 0 amide bonds. The maximum atomic E-state index is 12.6. The molecule has 1 unspecified atom stereocenters. The molecule has 0 fully saturated rings. The average molecular weight is 910 g/mol. The first-order chi connectivity index (χ1) is 31.5. The van der Waals surface area contributed by atoms with Gasteiger partial charge < -0.3 is 24.1 Å². The first kappa shape index (κ1) is 62.8. The summed E-state index contributed by atoms with van der Waals surface area (Å²) in [7, 11) is 0. The molecule has 7 nitrogen and oxygen atoms in total. The summed E-state index contributed by atoms with van der Waals surface area (Å²) in [5.41, 5.74) is -0.902. The van der Waals surface area contributed by atoms with E-state index in [4.69, 9.17) is 24.1 Å². The van der Waals surface area contributed by atoms with Crippen LogP contribution < -0.4 is 0 Å². The molecule has 7 heteroatoms. The normalized spacial score (nSPS) is 12.5. The van der Waals surface area contributed by atoms with E-state index in [-0.39, 0.29) is 19.4 Å². The van der Waals surface area contributed by atoms with Crippen molar-refractivity contribution >= 4 is 11.9 Å². The van der Waals surface area contributed by atoms with E-state index in [0.717, 1.165) is 38.5 Å². The van der Waals surface area contributed by atoms with Crippen LogP contribution in [0.15, 0.2) is 0 Å². The molecule has 0 aromatic carbocycles. The Balaban J connectivity index is 4.82. The predicted octanol–water partition coefficient (Wildman–Crippen LogP) is 18.0. The van der Waals surface area contributed by atoms with E-state index in [9.17, 15) is 9.59 Å². The van der Waals surface area contributed by atoms with Crippen molar-refractivity contribution in [1.29, 1.82) is 0 Å². The van der Waals surface area contributed by atoms with Crippen molar-refractivity contribution in [1.82, 2.24) is 0 Å². The van der Waals surface area contributed by atoms with E-state index < -0.39 is 17.5 Å². The van der Waals surface area contributed by atoms with Crippen molar-refractivity contribution in [2.45, 2.75) is 315 Å². The largest absolute Gasteiger partial charge is 0.481 e. The molecular formula is C57H112O7. The van der Waals surface area contributed by atoms with Gasteiger partial charge in [0.05, 0.1) is 26.1 Å². The zero-order valence-corrected chi connectivity index (χ0v) is 43.5. The van der Waals surface area contributed by atoms with Gasteiger partial charge >= 0.3 is 11.9 Å². The van der Waals surface area contributed by atoms with Gasteiger partial charge in [-0.05, 0) is 19.3 Å². The van der Waals surface area contributed by atoms with Crippen LogP contribution in [0.25, 0.3) is 0 Å². The number of unbranched alkanes of at least 4 members (excludes halogenated alkanes) is 40. The van der Waals surface area contributed by atoms with Gasteiger partial charge in [-0.1, -0.05) is 278 Å². The number of rotatable bonds is 56. The lowest BCUT2D eigenvalue weighted by molar-refractivity contribution is -0.179. The van der Waals surface area contributed by atoms with Crippen LogP contribution in [-0.4, -0.2) is 62.3 Å². The first-order valence-corrected chi connectivity index (χ1v) is 28.7. The van der Waals surface area contributed by atoms with Crippen LogP contribution in [0.4, 0.5) is 0 Å². The molecule has 0 saturated heterocycles. The van der Waals surface area contributed by atoms with E-state index >= 15 is 0 Å². The van der Waals surface area contributed by atoms with Gasteiger partial charge in [0.25, 0.3) is 0 Å². The first-order valence-electron chi connectivity index (χ1n) is 28.7. The highest BCUT2D eigenvalue weighted by Crippen LogP contribution is 2.20. The van der Waals surface area contributed by atoms with E-state index in [2.05, 4.69) is 20.8 Å². The number of aliphatic carboxylic acids is 1. The number of carboxylic acids is 1. The van der Waals surface area contributed by atoms with Gasteiger partial charge in [0.15, 0.2) is 0 Å². The van der Waals surface area contributed by atoms with E-state index in [1.165, 1.54) is 238 Å². The molecule has 0 radical (unpaired) electrons. The Morgan fingerprint density at radius 1 is 0.328 bits per heavy atom. The number of carbonyl (C=O) groups excluding carboxylic acids is 1. The summed E-state index contributed by atoms with van der Waals surface area (Å²) in [5.74, 6) is -1.51. The Hall–Kier alpha value is -1.18. The number of carboxylic acid groups (broad SMARTS) is 1. The summed E-state index contributed by atoms with van der Waals surface area (Å²) in [6.45, 7) is 9.33. The summed E-state index contributed by atoms with van der Waals surface area (Å²) < 4.78 is 24.9. The molecule has 0 aliphatic heterocycles. The van der Waals surface area contributed by atoms with Crippen LogP contribution in [0, 0.1) is 0 Å². The second-order valence-electron chi connectivity index (χ2n) is 19.8. The Bertz CT molecular complexity index is 928. The molecule has 1 atom stereocenters. The molecule has 0 saturated carbocycles. The lowest BCUT2D eigenvalue weighted by Crippen LogP contribution is -2.48. The quantitative estimate of drug-likeness (QED) is 0.0480. The summed E-state index contributed by atoms with van der Waals surface area (Å²) in [6.07, 6.45) is 56.3. The average Bonchev–Trinajstić information content (AvgIpc) is 3.29. The maximum absolute atomic E-state index is 12.6. The summed E-state index contributed by atoms with van der Waals surface area (Å²) in [6, 6.07) is 0. The lowest BCUT2D eigenvalue weighted by Gasteiger charge is -2.33. The van der Waals surface area contributed by atoms with Crippen LogP contribution in [0.5, 0.6) is 0 Å². The Kier molecular flexibility index (Phi) is 51.8. The molecular weight excluding hydrogens is 797 g/mol. The summed E-state index contributed by atoms with van der Waals surface area (Å²) in [4.78, 5) is 23.8. The minimum atomic E-state index is -0.999. The number of hydrogen-bond donors (Lipinski definition) is 1. The van der Waals surface area contributed by atoms with Crippen LogP contribution in [-0.2, 0) is 28.5 Å². The SMILES string of the molecule is CCCCCCCCCCCCCCCCCOCC(COCCCCCCCCCCCCCCCC)(COC(=O)CCC(=O)O)OCCCCCCCCCCCCCCCC. The minimum absolute atomic E-state index is 0.0155. The molecule has 1 N–H and O–H groups in total. The molecule has 0 bridgehead atoms. The van der Waals surface area contributed by atoms with Crippen molar-refractivity contribution in [3.05, 3.63) is 0 Å². The van der Waals surface area contributed by atoms with Gasteiger partial charge in [0, 0.05) is 19.8 Å². The molecule has 0 spiro atoms. The highest BCUT2D eigenvalue weighted by atomic mass is 16.6. The predicted molar refractivity (Wildman–Crippen MR) is 274 cm³/mol. The highest BCUT2D eigenvalue weighted by molar-refractivity contribution is 5.76. The van der Waals surface area contributed by atoms with Crippen LogP contribution in [0.3, 0.4) is 0 Å². The number of hydrogen-bond acceptors (Lipinski definition) is 6. The fourth-order valence-corrected chi connectivity index (χ4v) is 8.82. The molecule has 0 aromatic rings. The van der Waals surface area contributed by atoms with Gasteiger partial charge in [-0.25, -0.2) is 0 Å². The van der Waals surface area contributed by atoms with Crippen LogP contribution in [0.2, 0.25) is 0 Å². The highest BCUT2D eigenvalue weighted by Gasteiger charge is 2.34. The van der Waals surface area contributed by atoms with Crippen molar-refractivity contribution in [2.24, 2.45) is 0 Å². The van der Waals surface area contributed by atoms with Gasteiger partial charge in [0.1, 0.15) is 12.2 Å². The third-order valence-corrected chi connectivity index (χ3v) is 13.2. The monoisotopic (exact) mass is 909 g/mol. The summed E-state index contributed by atoms with van der Waals surface area (Å²) >= 11 is 0. The van der Waals surface area contributed by atoms with E-state index in [1.54, 1.807) is 0 Å². The second kappa shape index (κ2) is 52.8. The van der Waals surface area contributed by atoms with Crippen molar-refractivity contribution in [2.75, 3.05) is 39.6 Å². The fraction of sp³-hybridized carbons (Fsp3) is 0.965. The van der Waals surface area contributed by atoms with E-state index in [1.807, 2.05) is 0 Å². The van der Waals surface area contributed by atoms with Crippen molar-refractivity contribution < 1.29 is 33.6 Å². The molecule has 0 aromatic heterocycles. The zero-order chi connectivity index (χ0) is 46.5. The van der Waals surface area contributed by atoms with Gasteiger partial charge in [-0.3, -0.25) is 9.59 Å². The van der Waals surface area contributed by atoms with Crippen molar-refractivity contribution in [3.63, 3.8) is 0 Å². The Morgan fingerprint density at radius 3 is 0.844 bits per heavy atom. The third kappa shape index (κ3) is 48.7. The van der Waals surface area contributed by atoms with Gasteiger partial charge in [-0.2, -0.15) is 0 Å². The minimum Gasteiger partial charge on any atom is -0.481 e. The lowest BCUT2D eigenvalue weighted by atomic mass is 10.0. The molecule has 64 heavy (non-hydrogen) atoms. The van der Waals surface area contributed by atoms with Crippen molar-refractivity contribution in [3.8, 4) is 0 Å². The number of ether oxygens (including phenoxy) is 4. The van der Waals surface area contributed by atoms with Crippen LogP contribution in [0.1, 0.15) is 310 Å². The molecule has 0 aliphatic rings. The number of carbonyl (C=O) groups is 2. The zero-order valence-electron chi connectivity index (χ0n) is 43.5.